The molecule has 0 atom stereocenters. The van der Waals surface area contributed by atoms with E-state index in [4.69, 9.17) is 9.47 Å². The molecule has 0 heterocycles. The quantitative estimate of drug-likeness (QED) is 0.788. The van der Waals surface area contributed by atoms with Crippen LogP contribution in [0.2, 0.25) is 0 Å². The molecule has 0 radical (unpaired) electrons. The van der Waals surface area contributed by atoms with E-state index in [-0.39, 0.29) is 23.6 Å². The number of hydrogen-bond acceptors (Lipinski definition) is 3. The number of ether oxygens (including phenoxy) is 2. The molecule has 0 aliphatic heterocycles. The summed E-state index contributed by atoms with van der Waals surface area (Å²) in [6.45, 7) is 0. The van der Waals surface area contributed by atoms with Crippen LogP contribution in [0.1, 0.15) is 37.2 Å². The van der Waals surface area contributed by atoms with E-state index in [1.165, 1.54) is 13.2 Å². The summed E-state index contributed by atoms with van der Waals surface area (Å²) in [7, 11) is 2.99. The average Bonchev–Trinajstić information content (AvgIpc) is 2.47. The molecule has 0 amide bonds. The molecule has 104 valence electrons. The van der Waals surface area contributed by atoms with E-state index < -0.39 is 0 Å². The first-order valence-corrected chi connectivity index (χ1v) is 6.57. The maximum atomic E-state index is 13.9. The van der Waals surface area contributed by atoms with Crippen LogP contribution >= 0.6 is 0 Å². The van der Waals surface area contributed by atoms with E-state index in [1.54, 1.807) is 19.2 Å². The fourth-order valence-electron chi connectivity index (χ4n) is 2.77. The van der Waals surface area contributed by atoms with Crippen molar-refractivity contribution in [3.05, 3.63) is 29.6 Å². The van der Waals surface area contributed by atoms with Crippen LogP contribution < -0.4 is 4.74 Å². The van der Waals surface area contributed by atoms with Crippen molar-refractivity contribution >= 4 is 5.97 Å². The van der Waals surface area contributed by atoms with Gasteiger partial charge in [-0.25, -0.2) is 4.39 Å². The van der Waals surface area contributed by atoms with Gasteiger partial charge in [-0.05, 0) is 55.4 Å². The summed E-state index contributed by atoms with van der Waals surface area (Å²) >= 11 is 0. The van der Waals surface area contributed by atoms with Gasteiger partial charge in [0.15, 0.2) is 0 Å². The third-order valence-electron chi connectivity index (χ3n) is 3.90. The van der Waals surface area contributed by atoms with Gasteiger partial charge in [0.05, 0.1) is 20.1 Å². The highest BCUT2D eigenvalue weighted by molar-refractivity contribution is 5.72. The molecule has 1 aliphatic carbocycles. The largest absolute Gasteiger partial charge is 0.497 e. The highest BCUT2D eigenvalue weighted by atomic mass is 19.1. The number of carbonyl (C=O) groups is 1. The lowest BCUT2D eigenvalue weighted by atomic mass is 9.78. The van der Waals surface area contributed by atoms with Gasteiger partial charge in [-0.2, -0.15) is 0 Å². The van der Waals surface area contributed by atoms with Gasteiger partial charge in [0, 0.05) is 0 Å². The molecule has 1 fully saturated rings. The first-order chi connectivity index (χ1) is 9.15. The zero-order valence-corrected chi connectivity index (χ0v) is 11.3. The van der Waals surface area contributed by atoms with Crippen molar-refractivity contribution in [1.29, 1.82) is 0 Å². The van der Waals surface area contributed by atoms with Crippen LogP contribution in [0.25, 0.3) is 0 Å². The molecule has 1 aromatic carbocycles. The topological polar surface area (TPSA) is 35.5 Å². The predicted molar refractivity (Wildman–Crippen MR) is 69.7 cm³/mol. The van der Waals surface area contributed by atoms with Crippen LogP contribution in [0.5, 0.6) is 5.75 Å². The molecule has 0 unspecified atom stereocenters. The van der Waals surface area contributed by atoms with Gasteiger partial charge in [0.25, 0.3) is 0 Å². The predicted octanol–water partition coefficient (Wildman–Crippen LogP) is 3.28. The molecule has 2 rings (SSSR count). The molecule has 19 heavy (non-hydrogen) atoms. The molecule has 0 N–H and O–H groups in total. The Bertz CT molecular complexity index is 451. The summed E-state index contributed by atoms with van der Waals surface area (Å²) in [6, 6.07) is 4.83. The summed E-state index contributed by atoms with van der Waals surface area (Å²) in [5.41, 5.74) is 0.697. The van der Waals surface area contributed by atoms with Crippen molar-refractivity contribution in [2.75, 3.05) is 14.2 Å². The minimum Gasteiger partial charge on any atom is -0.497 e. The highest BCUT2D eigenvalue weighted by Gasteiger charge is 2.29. The van der Waals surface area contributed by atoms with Crippen LogP contribution in [0.4, 0.5) is 4.39 Å². The third kappa shape index (κ3) is 3.06. The highest BCUT2D eigenvalue weighted by Crippen LogP contribution is 2.38. The van der Waals surface area contributed by atoms with Crippen molar-refractivity contribution in [1.82, 2.24) is 0 Å². The molecule has 0 spiro atoms. The first-order valence-electron chi connectivity index (χ1n) is 6.57. The van der Waals surface area contributed by atoms with E-state index in [1.807, 2.05) is 0 Å². The van der Waals surface area contributed by atoms with E-state index in [2.05, 4.69) is 0 Å². The lowest BCUT2D eigenvalue weighted by Crippen LogP contribution is -2.22. The first kappa shape index (κ1) is 13.8. The Morgan fingerprint density at radius 1 is 1.21 bits per heavy atom. The minimum absolute atomic E-state index is 0.0325. The van der Waals surface area contributed by atoms with Crippen molar-refractivity contribution in [2.24, 2.45) is 5.92 Å². The fraction of sp³-hybridized carbons (Fsp3) is 0.533. The Balaban J connectivity index is 2.07. The van der Waals surface area contributed by atoms with Crippen molar-refractivity contribution in [2.45, 2.75) is 31.6 Å². The van der Waals surface area contributed by atoms with Crippen LogP contribution in [-0.2, 0) is 9.53 Å². The van der Waals surface area contributed by atoms with Crippen molar-refractivity contribution < 1.29 is 18.7 Å². The fourth-order valence-corrected chi connectivity index (χ4v) is 2.77. The van der Waals surface area contributed by atoms with Gasteiger partial charge in [-0.1, -0.05) is 0 Å². The number of carbonyl (C=O) groups excluding carboxylic acids is 1. The summed E-state index contributed by atoms with van der Waals surface area (Å²) in [4.78, 5) is 11.5. The average molecular weight is 266 g/mol. The van der Waals surface area contributed by atoms with Gasteiger partial charge < -0.3 is 9.47 Å². The van der Waals surface area contributed by atoms with Gasteiger partial charge in [0.1, 0.15) is 11.6 Å². The number of benzene rings is 1. The minimum atomic E-state index is -0.192. The number of esters is 1. The molecule has 0 bridgehead atoms. The van der Waals surface area contributed by atoms with Gasteiger partial charge in [-0.15, -0.1) is 0 Å². The summed E-state index contributed by atoms with van der Waals surface area (Å²) in [5.74, 6) is 0.462. The molecule has 1 aliphatic rings. The Kier molecular flexibility index (Phi) is 4.40. The third-order valence-corrected chi connectivity index (χ3v) is 3.90. The second-order valence-corrected chi connectivity index (χ2v) is 4.96. The zero-order valence-electron chi connectivity index (χ0n) is 11.3. The number of rotatable bonds is 3. The molecule has 1 saturated carbocycles. The zero-order chi connectivity index (χ0) is 13.8. The van der Waals surface area contributed by atoms with E-state index >= 15 is 0 Å². The summed E-state index contributed by atoms with van der Waals surface area (Å²) < 4.78 is 23.8. The monoisotopic (exact) mass is 266 g/mol. The van der Waals surface area contributed by atoms with Crippen molar-refractivity contribution in [3.63, 3.8) is 0 Å². The Morgan fingerprint density at radius 3 is 2.47 bits per heavy atom. The standard InChI is InChI=1S/C15H19FO3/c1-18-12-7-8-14(16)13(9-12)10-3-5-11(6-4-10)15(17)19-2/h7-11H,3-6H2,1-2H3. The lowest BCUT2D eigenvalue weighted by Gasteiger charge is -2.27. The normalized spacial score (nSPS) is 22.9. The van der Waals surface area contributed by atoms with Crippen LogP contribution in [0.15, 0.2) is 18.2 Å². The van der Waals surface area contributed by atoms with Gasteiger partial charge in [-0.3, -0.25) is 4.79 Å². The molecular formula is C15H19FO3. The van der Waals surface area contributed by atoms with E-state index in [9.17, 15) is 9.18 Å². The Labute approximate surface area is 112 Å². The number of methoxy groups -OCH3 is 2. The lowest BCUT2D eigenvalue weighted by molar-refractivity contribution is -0.146. The summed E-state index contributed by atoms with van der Waals surface area (Å²) in [5, 5.41) is 0. The maximum absolute atomic E-state index is 13.9. The van der Waals surface area contributed by atoms with Crippen molar-refractivity contribution in [3.8, 4) is 5.75 Å². The van der Waals surface area contributed by atoms with E-state index in [0.29, 0.717) is 11.3 Å². The van der Waals surface area contributed by atoms with E-state index in [0.717, 1.165) is 25.7 Å². The van der Waals surface area contributed by atoms with Gasteiger partial charge in [0.2, 0.25) is 0 Å². The Morgan fingerprint density at radius 2 is 1.89 bits per heavy atom. The number of halogens is 1. The molecule has 0 aromatic heterocycles. The van der Waals surface area contributed by atoms with Crippen LogP contribution in [0, 0.1) is 11.7 Å². The summed E-state index contributed by atoms with van der Waals surface area (Å²) in [6.07, 6.45) is 3.13. The SMILES string of the molecule is COC(=O)C1CCC(c2cc(OC)ccc2F)CC1. The van der Waals surface area contributed by atoms with Crippen LogP contribution in [0.3, 0.4) is 0 Å². The van der Waals surface area contributed by atoms with Crippen LogP contribution in [-0.4, -0.2) is 20.2 Å². The molecule has 3 nitrogen and oxygen atoms in total. The second-order valence-electron chi connectivity index (χ2n) is 4.96. The molecular weight excluding hydrogens is 247 g/mol. The second kappa shape index (κ2) is 6.04. The molecule has 4 heteroatoms. The molecule has 1 aromatic rings. The smallest absolute Gasteiger partial charge is 0.308 e. The maximum Gasteiger partial charge on any atom is 0.308 e. The molecule has 0 saturated heterocycles. The Hall–Kier alpha value is -1.58. The van der Waals surface area contributed by atoms with Gasteiger partial charge >= 0.3 is 5.97 Å². The number of hydrogen-bond donors (Lipinski definition) is 0.